The topological polar surface area (TPSA) is 76.7 Å². The summed E-state index contributed by atoms with van der Waals surface area (Å²) in [5.74, 6) is 0.913. The molecule has 2 aromatic rings. The summed E-state index contributed by atoms with van der Waals surface area (Å²) < 4.78 is 11.0. The maximum atomic E-state index is 12.0. The molecule has 29 heavy (non-hydrogen) atoms. The molecule has 2 rings (SSSR count). The number of ether oxygens (including phenoxy) is 2. The van der Waals surface area contributed by atoms with Crippen LogP contribution in [-0.2, 0) is 9.59 Å². The molecule has 1 atom stereocenters. The quantitative estimate of drug-likeness (QED) is 0.499. The lowest BCUT2D eigenvalue weighted by molar-refractivity contribution is -0.128. The van der Waals surface area contributed by atoms with Crippen LogP contribution in [0.1, 0.15) is 44.2 Å². The third-order valence-corrected chi connectivity index (χ3v) is 4.36. The van der Waals surface area contributed by atoms with Gasteiger partial charge in [0.25, 0.3) is 11.8 Å². The van der Waals surface area contributed by atoms with E-state index >= 15 is 0 Å². The normalized spacial score (nSPS) is 11.7. The molecule has 6 heteroatoms. The van der Waals surface area contributed by atoms with Gasteiger partial charge in [-0.05, 0) is 54.7 Å². The lowest BCUT2D eigenvalue weighted by Crippen LogP contribution is -2.43. The number of hydrazine groups is 1. The van der Waals surface area contributed by atoms with E-state index in [1.165, 1.54) is 6.08 Å². The lowest BCUT2D eigenvalue weighted by atomic mass is 9.98. The second-order valence-corrected chi connectivity index (χ2v) is 6.51. The standard InChI is InChI=1S/C23H28N2O4/c1-4-17(3)20-8-6-7-9-21(20)29-16-23(27)25-24-22(26)15-12-18-10-13-19(14-11-18)28-5-2/h6-15,17H,4-5,16H2,1-3H3,(H,24,26)(H,25,27)/b15-12+. The SMILES string of the molecule is CCOc1ccc(/C=C/C(=O)NNC(=O)COc2ccccc2C(C)CC)cc1. The molecule has 2 N–H and O–H groups in total. The number of amides is 2. The van der Waals surface area contributed by atoms with Gasteiger partial charge in [0, 0.05) is 6.08 Å². The van der Waals surface area contributed by atoms with Crippen molar-refractivity contribution in [3.63, 3.8) is 0 Å². The van der Waals surface area contributed by atoms with E-state index in [-0.39, 0.29) is 6.61 Å². The van der Waals surface area contributed by atoms with Crippen molar-refractivity contribution in [3.05, 3.63) is 65.7 Å². The van der Waals surface area contributed by atoms with Crippen LogP contribution in [0.4, 0.5) is 0 Å². The molecule has 1 unspecified atom stereocenters. The first-order valence-electron chi connectivity index (χ1n) is 9.75. The van der Waals surface area contributed by atoms with Gasteiger partial charge in [-0.2, -0.15) is 0 Å². The van der Waals surface area contributed by atoms with Crippen molar-refractivity contribution in [3.8, 4) is 11.5 Å². The van der Waals surface area contributed by atoms with Crippen LogP contribution < -0.4 is 20.3 Å². The van der Waals surface area contributed by atoms with Crippen molar-refractivity contribution < 1.29 is 19.1 Å². The number of carbonyl (C=O) groups excluding carboxylic acids is 2. The average Bonchev–Trinajstić information content (AvgIpc) is 2.75. The average molecular weight is 396 g/mol. The van der Waals surface area contributed by atoms with E-state index in [1.54, 1.807) is 6.08 Å². The van der Waals surface area contributed by atoms with Gasteiger partial charge in [-0.1, -0.05) is 44.2 Å². The van der Waals surface area contributed by atoms with Crippen LogP contribution in [0.3, 0.4) is 0 Å². The minimum Gasteiger partial charge on any atom is -0.494 e. The molecule has 2 amide bonds. The zero-order valence-electron chi connectivity index (χ0n) is 17.1. The lowest BCUT2D eigenvalue weighted by Gasteiger charge is -2.15. The molecular weight excluding hydrogens is 368 g/mol. The molecule has 0 heterocycles. The summed E-state index contributed by atoms with van der Waals surface area (Å²) in [4.78, 5) is 23.8. The predicted octanol–water partition coefficient (Wildman–Crippen LogP) is 3.84. The molecule has 0 saturated carbocycles. The number of carbonyl (C=O) groups is 2. The Morgan fingerprint density at radius 1 is 1.00 bits per heavy atom. The Morgan fingerprint density at radius 3 is 2.41 bits per heavy atom. The van der Waals surface area contributed by atoms with Gasteiger partial charge >= 0.3 is 0 Å². The third kappa shape index (κ3) is 7.33. The van der Waals surface area contributed by atoms with Crippen molar-refractivity contribution in [2.75, 3.05) is 13.2 Å². The predicted molar refractivity (Wildman–Crippen MR) is 114 cm³/mol. The molecule has 0 spiro atoms. The van der Waals surface area contributed by atoms with Crippen molar-refractivity contribution in [2.45, 2.75) is 33.1 Å². The van der Waals surface area contributed by atoms with E-state index in [4.69, 9.17) is 9.47 Å². The summed E-state index contributed by atoms with van der Waals surface area (Å²) in [6.45, 7) is 6.55. The van der Waals surface area contributed by atoms with Crippen molar-refractivity contribution >= 4 is 17.9 Å². The van der Waals surface area contributed by atoms with Crippen LogP contribution in [0.25, 0.3) is 6.08 Å². The van der Waals surface area contributed by atoms with E-state index in [2.05, 4.69) is 24.7 Å². The number of rotatable bonds is 9. The first-order valence-corrected chi connectivity index (χ1v) is 9.75. The molecule has 0 aliphatic carbocycles. The zero-order chi connectivity index (χ0) is 21.1. The van der Waals surface area contributed by atoms with Crippen molar-refractivity contribution in [1.29, 1.82) is 0 Å². The third-order valence-electron chi connectivity index (χ3n) is 4.36. The Balaban J connectivity index is 1.78. The number of hydrogen-bond acceptors (Lipinski definition) is 4. The number of hydrogen-bond donors (Lipinski definition) is 2. The van der Waals surface area contributed by atoms with Gasteiger partial charge in [0.15, 0.2) is 6.61 Å². The molecular formula is C23H28N2O4. The van der Waals surface area contributed by atoms with Gasteiger partial charge in [-0.15, -0.1) is 0 Å². The Labute approximate surface area is 171 Å². The highest BCUT2D eigenvalue weighted by Gasteiger charge is 2.11. The molecule has 0 fully saturated rings. The number of benzene rings is 2. The van der Waals surface area contributed by atoms with Crippen LogP contribution in [0.5, 0.6) is 11.5 Å². The van der Waals surface area contributed by atoms with Crippen molar-refractivity contribution in [2.24, 2.45) is 0 Å². The Hall–Kier alpha value is -3.28. The maximum Gasteiger partial charge on any atom is 0.276 e. The Bertz CT molecular complexity index is 831. The highest BCUT2D eigenvalue weighted by Crippen LogP contribution is 2.28. The summed E-state index contributed by atoms with van der Waals surface area (Å²) in [5.41, 5.74) is 6.59. The molecule has 0 saturated heterocycles. The van der Waals surface area contributed by atoms with Crippen LogP contribution in [0.2, 0.25) is 0 Å². The first-order chi connectivity index (χ1) is 14.0. The second kappa shape index (κ2) is 11.5. The monoisotopic (exact) mass is 396 g/mol. The molecule has 0 radical (unpaired) electrons. The minimum absolute atomic E-state index is 0.184. The van der Waals surface area contributed by atoms with Crippen LogP contribution in [-0.4, -0.2) is 25.0 Å². The number of para-hydroxylation sites is 1. The van der Waals surface area contributed by atoms with E-state index in [9.17, 15) is 9.59 Å². The summed E-state index contributed by atoms with van der Waals surface area (Å²) in [5, 5.41) is 0. The molecule has 154 valence electrons. The summed E-state index contributed by atoms with van der Waals surface area (Å²) >= 11 is 0. The smallest absolute Gasteiger partial charge is 0.276 e. The van der Waals surface area contributed by atoms with E-state index in [0.29, 0.717) is 18.3 Å². The van der Waals surface area contributed by atoms with Crippen molar-refractivity contribution in [1.82, 2.24) is 10.9 Å². The Morgan fingerprint density at radius 2 is 1.72 bits per heavy atom. The van der Waals surface area contributed by atoms with Gasteiger partial charge < -0.3 is 9.47 Å². The summed E-state index contributed by atoms with van der Waals surface area (Å²) in [6.07, 6.45) is 3.97. The van der Waals surface area contributed by atoms with Crippen LogP contribution >= 0.6 is 0 Å². The first kappa shape index (κ1) is 22.0. The number of nitrogens with one attached hydrogen (secondary N) is 2. The fourth-order valence-electron chi connectivity index (χ4n) is 2.61. The van der Waals surface area contributed by atoms with Gasteiger partial charge in [-0.25, -0.2) is 0 Å². The van der Waals surface area contributed by atoms with Crippen LogP contribution in [0.15, 0.2) is 54.6 Å². The maximum absolute atomic E-state index is 12.0. The summed E-state index contributed by atoms with van der Waals surface area (Å²) in [7, 11) is 0. The fourth-order valence-corrected chi connectivity index (χ4v) is 2.61. The van der Waals surface area contributed by atoms with Gasteiger partial charge in [0.1, 0.15) is 11.5 Å². The largest absolute Gasteiger partial charge is 0.494 e. The fraction of sp³-hybridized carbons (Fsp3) is 0.304. The molecule has 2 aromatic carbocycles. The summed E-state index contributed by atoms with van der Waals surface area (Å²) in [6, 6.07) is 15.0. The molecule has 6 nitrogen and oxygen atoms in total. The van der Waals surface area contributed by atoms with E-state index in [1.807, 2.05) is 55.5 Å². The van der Waals surface area contributed by atoms with E-state index < -0.39 is 11.8 Å². The van der Waals surface area contributed by atoms with E-state index in [0.717, 1.165) is 23.3 Å². The van der Waals surface area contributed by atoms with Crippen LogP contribution in [0, 0.1) is 0 Å². The molecule has 0 aliphatic heterocycles. The molecule has 0 aliphatic rings. The Kier molecular flexibility index (Phi) is 8.76. The molecule has 0 aromatic heterocycles. The highest BCUT2D eigenvalue weighted by atomic mass is 16.5. The van der Waals surface area contributed by atoms with Gasteiger partial charge in [-0.3, -0.25) is 20.4 Å². The highest BCUT2D eigenvalue weighted by molar-refractivity contribution is 5.93. The minimum atomic E-state index is -0.438. The van der Waals surface area contributed by atoms with Gasteiger partial charge in [0.2, 0.25) is 0 Å². The second-order valence-electron chi connectivity index (χ2n) is 6.51. The zero-order valence-corrected chi connectivity index (χ0v) is 17.1. The van der Waals surface area contributed by atoms with Gasteiger partial charge in [0.05, 0.1) is 6.61 Å². The molecule has 0 bridgehead atoms.